The molecule has 2 aromatic carbocycles. The largest absolute Gasteiger partial charge is 0.324 e. The van der Waals surface area contributed by atoms with Gasteiger partial charge in [0, 0.05) is 5.69 Å². The first-order valence-electron chi connectivity index (χ1n) is 8.57. The number of rotatable bonds is 6. The predicted octanol–water partition coefficient (Wildman–Crippen LogP) is 3.80. The molecule has 1 amide bonds. The van der Waals surface area contributed by atoms with Crippen LogP contribution < -0.4 is 9.62 Å². The Bertz CT molecular complexity index is 890. The van der Waals surface area contributed by atoms with Crippen molar-refractivity contribution in [3.63, 3.8) is 0 Å². The van der Waals surface area contributed by atoms with Crippen molar-refractivity contribution in [3.8, 4) is 0 Å². The summed E-state index contributed by atoms with van der Waals surface area (Å²) in [4.78, 5) is 12.9. The summed E-state index contributed by atoms with van der Waals surface area (Å²) >= 11 is 0. The molecule has 1 N–H and O–H groups in total. The van der Waals surface area contributed by atoms with Crippen molar-refractivity contribution in [1.29, 1.82) is 0 Å². The zero-order chi connectivity index (χ0) is 19.5. The first kappa shape index (κ1) is 20.0. The van der Waals surface area contributed by atoms with E-state index in [2.05, 4.69) is 5.32 Å². The highest BCUT2D eigenvalue weighted by Gasteiger charge is 2.31. The number of nitrogens with zero attached hydrogens (tertiary/aromatic N) is 1. The van der Waals surface area contributed by atoms with E-state index < -0.39 is 16.1 Å². The monoisotopic (exact) mass is 374 g/mol. The van der Waals surface area contributed by atoms with Gasteiger partial charge in [0.25, 0.3) is 0 Å². The van der Waals surface area contributed by atoms with Gasteiger partial charge < -0.3 is 5.32 Å². The zero-order valence-corrected chi connectivity index (χ0v) is 16.7. The van der Waals surface area contributed by atoms with Gasteiger partial charge in [0.1, 0.15) is 6.04 Å². The molecule has 0 aliphatic carbocycles. The number of carbonyl (C=O) groups is 1. The maximum atomic E-state index is 12.9. The fourth-order valence-electron chi connectivity index (χ4n) is 2.84. The van der Waals surface area contributed by atoms with Crippen molar-refractivity contribution in [2.45, 2.75) is 40.2 Å². The number of aryl methyl sites for hydroxylation is 3. The Morgan fingerprint density at radius 1 is 1.04 bits per heavy atom. The Morgan fingerprint density at radius 3 is 2.15 bits per heavy atom. The molecule has 5 nitrogen and oxygen atoms in total. The van der Waals surface area contributed by atoms with Crippen LogP contribution in [0.5, 0.6) is 0 Å². The van der Waals surface area contributed by atoms with Gasteiger partial charge in [-0.15, -0.1) is 0 Å². The predicted molar refractivity (Wildman–Crippen MR) is 107 cm³/mol. The zero-order valence-electron chi connectivity index (χ0n) is 15.9. The maximum absolute atomic E-state index is 12.9. The molecule has 0 heterocycles. The molecule has 0 fully saturated rings. The standard InChI is InChI=1S/C20H26N2O3S/c1-6-19(20(23)21-18-13-15(3)7-10-16(18)4)22(26(5,24)25)17-11-8-14(2)9-12-17/h7-13,19H,6H2,1-5H3,(H,21,23)/t19-/m1/s1. The van der Waals surface area contributed by atoms with Crippen molar-refractivity contribution in [3.05, 3.63) is 59.2 Å². The smallest absolute Gasteiger partial charge is 0.248 e. The van der Waals surface area contributed by atoms with Crippen LogP contribution in [0, 0.1) is 20.8 Å². The van der Waals surface area contributed by atoms with Crippen molar-refractivity contribution < 1.29 is 13.2 Å². The van der Waals surface area contributed by atoms with Gasteiger partial charge in [-0.1, -0.05) is 36.8 Å². The number of sulfonamides is 1. The van der Waals surface area contributed by atoms with E-state index in [0.29, 0.717) is 17.8 Å². The molecule has 6 heteroatoms. The second-order valence-electron chi connectivity index (χ2n) is 6.63. The minimum absolute atomic E-state index is 0.341. The second kappa shape index (κ2) is 7.91. The summed E-state index contributed by atoms with van der Waals surface area (Å²) in [6, 6.07) is 12.1. The molecule has 26 heavy (non-hydrogen) atoms. The molecule has 0 saturated carbocycles. The third kappa shape index (κ3) is 4.64. The molecule has 2 rings (SSSR count). The molecule has 0 aliphatic heterocycles. The quantitative estimate of drug-likeness (QED) is 0.836. The molecule has 0 saturated heterocycles. The lowest BCUT2D eigenvalue weighted by Crippen LogP contribution is -2.47. The minimum atomic E-state index is -3.63. The normalized spacial score (nSPS) is 12.5. The van der Waals surface area contributed by atoms with E-state index in [0.717, 1.165) is 22.9 Å². The lowest BCUT2D eigenvalue weighted by molar-refractivity contribution is -0.117. The van der Waals surface area contributed by atoms with Gasteiger partial charge in [-0.2, -0.15) is 0 Å². The summed E-state index contributed by atoms with van der Waals surface area (Å²) in [5.74, 6) is -0.341. The number of amides is 1. The molecule has 1 atom stereocenters. The average Bonchev–Trinajstić information content (AvgIpc) is 2.56. The molecule has 2 aromatic rings. The van der Waals surface area contributed by atoms with E-state index in [1.807, 2.05) is 51.1 Å². The van der Waals surface area contributed by atoms with Gasteiger partial charge in [-0.05, 0) is 56.5 Å². The van der Waals surface area contributed by atoms with E-state index in [4.69, 9.17) is 0 Å². The number of anilines is 2. The number of nitrogens with one attached hydrogen (secondary N) is 1. The van der Waals surface area contributed by atoms with Crippen molar-refractivity contribution in [2.75, 3.05) is 15.9 Å². The number of carbonyl (C=O) groups excluding carboxylic acids is 1. The van der Waals surface area contributed by atoms with Crippen LogP contribution in [0.2, 0.25) is 0 Å². The van der Waals surface area contributed by atoms with Gasteiger partial charge >= 0.3 is 0 Å². The highest BCUT2D eigenvalue weighted by molar-refractivity contribution is 7.92. The summed E-state index contributed by atoms with van der Waals surface area (Å²) < 4.78 is 26.1. The fraction of sp³-hybridized carbons (Fsp3) is 0.350. The third-order valence-corrected chi connectivity index (χ3v) is 5.45. The molecule has 0 unspecified atom stereocenters. The summed E-state index contributed by atoms with van der Waals surface area (Å²) in [5.41, 5.74) is 4.17. The van der Waals surface area contributed by atoms with Gasteiger partial charge in [-0.25, -0.2) is 8.42 Å². The molecular formula is C20H26N2O3S. The van der Waals surface area contributed by atoms with Crippen LogP contribution in [0.25, 0.3) is 0 Å². The summed E-state index contributed by atoms with van der Waals surface area (Å²) in [6.07, 6.45) is 1.48. The van der Waals surface area contributed by atoms with Gasteiger partial charge in [-0.3, -0.25) is 9.10 Å². The summed E-state index contributed by atoms with van der Waals surface area (Å²) in [5, 5.41) is 2.89. The summed E-state index contributed by atoms with van der Waals surface area (Å²) in [6.45, 7) is 7.59. The van der Waals surface area contributed by atoms with Crippen molar-refractivity contribution in [2.24, 2.45) is 0 Å². The van der Waals surface area contributed by atoms with Crippen LogP contribution in [0.4, 0.5) is 11.4 Å². The van der Waals surface area contributed by atoms with Crippen LogP contribution in [-0.2, 0) is 14.8 Å². The molecule has 0 aromatic heterocycles. The molecule has 0 radical (unpaired) electrons. The van der Waals surface area contributed by atoms with E-state index in [1.165, 1.54) is 4.31 Å². The molecule has 0 aliphatic rings. The Kier molecular flexibility index (Phi) is 6.08. The van der Waals surface area contributed by atoms with Gasteiger partial charge in [0.05, 0.1) is 11.9 Å². The Morgan fingerprint density at radius 2 is 1.62 bits per heavy atom. The fourth-order valence-corrected chi connectivity index (χ4v) is 4.05. The first-order valence-corrected chi connectivity index (χ1v) is 10.4. The second-order valence-corrected chi connectivity index (χ2v) is 8.49. The third-order valence-electron chi connectivity index (χ3n) is 4.27. The van der Waals surface area contributed by atoms with E-state index in [1.54, 1.807) is 19.1 Å². The number of hydrogen-bond donors (Lipinski definition) is 1. The van der Waals surface area contributed by atoms with E-state index >= 15 is 0 Å². The van der Waals surface area contributed by atoms with Gasteiger partial charge in [0.15, 0.2) is 0 Å². The van der Waals surface area contributed by atoms with Crippen LogP contribution in [0.3, 0.4) is 0 Å². The van der Waals surface area contributed by atoms with E-state index in [9.17, 15) is 13.2 Å². The van der Waals surface area contributed by atoms with Crippen LogP contribution in [0.15, 0.2) is 42.5 Å². The molecular weight excluding hydrogens is 348 g/mol. The first-order chi connectivity index (χ1) is 12.1. The Labute approximate surface area is 156 Å². The Balaban J connectivity index is 2.39. The van der Waals surface area contributed by atoms with Crippen LogP contribution in [-0.4, -0.2) is 26.6 Å². The number of benzene rings is 2. The topological polar surface area (TPSA) is 66.5 Å². The van der Waals surface area contributed by atoms with Crippen molar-refractivity contribution >= 4 is 27.3 Å². The lowest BCUT2D eigenvalue weighted by Gasteiger charge is -2.30. The van der Waals surface area contributed by atoms with Gasteiger partial charge in [0.2, 0.25) is 15.9 Å². The lowest BCUT2D eigenvalue weighted by atomic mass is 10.1. The summed E-state index contributed by atoms with van der Waals surface area (Å²) in [7, 11) is -3.63. The maximum Gasteiger partial charge on any atom is 0.248 e. The van der Waals surface area contributed by atoms with Crippen LogP contribution >= 0.6 is 0 Å². The molecule has 140 valence electrons. The van der Waals surface area contributed by atoms with Crippen molar-refractivity contribution in [1.82, 2.24) is 0 Å². The Hall–Kier alpha value is -2.34. The SMILES string of the molecule is CC[C@H](C(=O)Nc1cc(C)ccc1C)N(c1ccc(C)cc1)S(C)(=O)=O. The van der Waals surface area contributed by atoms with Crippen LogP contribution in [0.1, 0.15) is 30.0 Å². The average molecular weight is 375 g/mol. The number of hydrogen-bond acceptors (Lipinski definition) is 3. The molecule has 0 bridgehead atoms. The highest BCUT2D eigenvalue weighted by atomic mass is 32.2. The van der Waals surface area contributed by atoms with E-state index in [-0.39, 0.29) is 5.91 Å². The highest BCUT2D eigenvalue weighted by Crippen LogP contribution is 2.24. The minimum Gasteiger partial charge on any atom is -0.324 e. The molecule has 0 spiro atoms.